The molecule has 2 aromatic carbocycles. The van der Waals surface area contributed by atoms with E-state index in [-0.39, 0.29) is 30.9 Å². The van der Waals surface area contributed by atoms with Gasteiger partial charge in [0, 0.05) is 17.8 Å². The zero-order chi connectivity index (χ0) is 19.1. The van der Waals surface area contributed by atoms with Crippen molar-refractivity contribution in [3.8, 4) is 0 Å². The van der Waals surface area contributed by atoms with E-state index in [0.29, 0.717) is 10.7 Å². The molecule has 26 heavy (non-hydrogen) atoms. The Labute approximate surface area is 159 Å². The quantitative estimate of drug-likeness (QED) is 0.809. The molecule has 2 aromatic rings. The summed E-state index contributed by atoms with van der Waals surface area (Å²) >= 11 is 5.83. The van der Waals surface area contributed by atoms with Crippen molar-refractivity contribution in [1.82, 2.24) is 9.80 Å². The highest BCUT2D eigenvalue weighted by atomic mass is 35.5. The topological polar surface area (TPSA) is 52.7 Å². The van der Waals surface area contributed by atoms with Crippen molar-refractivity contribution >= 4 is 29.1 Å². The molecule has 138 valence electrons. The van der Waals surface area contributed by atoms with E-state index in [9.17, 15) is 9.59 Å². The van der Waals surface area contributed by atoms with Gasteiger partial charge in [-0.25, -0.2) is 0 Å². The molecule has 0 aromatic heterocycles. The zero-order valence-corrected chi connectivity index (χ0v) is 16.0. The van der Waals surface area contributed by atoms with Crippen LogP contribution >= 0.6 is 11.6 Å². The molecule has 0 aliphatic rings. The summed E-state index contributed by atoms with van der Waals surface area (Å²) in [6.07, 6.45) is 0. The third-order valence-corrected chi connectivity index (χ3v) is 4.45. The Hall–Kier alpha value is -2.37. The summed E-state index contributed by atoms with van der Waals surface area (Å²) in [5.74, 6) is -0.218. The number of carbonyl (C=O) groups excluding carboxylic acids is 2. The average molecular weight is 374 g/mol. The Kier molecular flexibility index (Phi) is 7.18. The van der Waals surface area contributed by atoms with E-state index in [1.807, 2.05) is 37.3 Å². The molecule has 6 heteroatoms. The minimum atomic E-state index is -0.179. The maximum Gasteiger partial charge on any atom is 0.238 e. The predicted octanol–water partition coefficient (Wildman–Crippen LogP) is 3.43. The lowest BCUT2D eigenvalue weighted by molar-refractivity contribution is -0.133. The maximum absolute atomic E-state index is 12.5. The number of halogens is 1. The Balaban J connectivity index is 1.84. The van der Waals surface area contributed by atoms with Crippen LogP contribution in [0, 0.1) is 0 Å². The largest absolute Gasteiger partial charge is 0.338 e. The fraction of sp³-hybridized carbons (Fsp3) is 0.300. The van der Waals surface area contributed by atoms with Gasteiger partial charge in [0.05, 0.1) is 19.1 Å². The molecule has 0 aliphatic heterocycles. The highest BCUT2D eigenvalue weighted by Gasteiger charge is 2.19. The van der Waals surface area contributed by atoms with E-state index < -0.39 is 0 Å². The van der Waals surface area contributed by atoms with Crippen LogP contribution in [-0.4, -0.2) is 48.8 Å². The van der Waals surface area contributed by atoms with Crippen LogP contribution in [0.1, 0.15) is 18.5 Å². The van der Waals surface area contributed by atoms with E-state index in [1.54, 1.807) is 48.2 Å². The van der Waals surface area contributed by atoms with Crippen molar-refractivity contribution in [2.75, 3.05) is 32.5 Å². The molecule has 0 radical (unpaired) electrons. The number of rotatable bonds is 7. The summed E-state index contributed by atoms with van der Waals surface area (Å²) in [5.41, 5.74) is 1.75. The lowest BCUT2D eigenvalue weighted by Gasteiger charge is -2.27. The Morgan fingerprint density at radius 3 is 2.23 bits per heavy atom. The van der Waals surface area contributed by atoms with Crippen LogP contribution in [0.25, 0.3) is 0 Å². The number of likely N-dealkylation sites (N-methyl/N-ethyl adjacent to an activating group) is 2. The average Bonchev–Trinajstić information content (AvgIpc) is 2.62. The fourth-order valence-corrected chi connectivity index (χ4v) is 2.67. The van der Waals surface area contributed by atoms with Crippen molar-refractivity contribution in [3.05, 3.63) is 65.2 Å². The first kappa shape index (κ1) is 19.9. The first-order valence-electron chi connectivity index (χ1n) is 8.41. The molecule has 5 nitrogen and oxygen atoms in total. The molecule has 0 heterocycles. The molecule has 0 aliphatic carbocycles. The Morgan fingerprint density at radius 1 is 1.00 bits per heavy atom. The molecule has 1 atom stereocenters. The maximum atomic E-state index is 12.5. The van der Waals surface area contributed by atoms with E-state index >= 15 is 0 Å². The van der Waals surface area contributed by atoms with Crippen molar-refractivity contribution in [1.29, 1.82) is 0 Å². The molecular formula is C20H24ClN3O2. The number of carbonyl (C=O) groups is 2. The number of anilines is 1. The van der Waals surface area contributed by atoms with E-state index in [1.165, 1.54) is 0 Å². The second-order valence-electron chi connectivity index (χ2n) is 6.32. The number of nitrogens with zero attached hydrogens (tertiary/aromatic N) is 2. The lowest BCUT2D eigenvalue weighted by Crippen LogP contribution is -2.40. The fourth-order valence-electron chi connectivity index (χ4n) is 2.55. The minimum absolute atomic E-state index is 0.0278. The summed E-state index contributed by atoms with van der Waals surface area (Å²) in [6.45, 7) is 2.28. The van der Waals surface area contributed by atoms with Gasteiger partial charge < -0.3 is 10.2 Å². The van der Waals surface area contributed by atoms with Crippen LogP contribution < -0.4 is 5.32 Å². The van der Waals surface area contributed by atoms with E-state index in [4.69, 9.17) is 11.6 Å². The van der Waals surface area contributed by atoms with Gasteiger partial charge in [-0.3, -0.25) is 14.5 Å². The number of hydrogen-bond donors (Lipinski definition) is 1. The van der Waals surface area contributed by atoms with Gasteiger partial charge in [-0.15, -0.1) is 0 Å². The number of amides is 2. The number of benzene rings is 2. The van der Waals surface area contributed by atoms with Gasteiger partial charge in [0.2, 0.25) is 11.8 Å². The second kappa shape index (κ2) is 9.36. The summed E-state index contributed by atoms with van der Waals surface area (Å²) in [7, 11) is 3.53. The Morgan fingerprint density at radius 2 is 1.62 bits per heavy atom. The summed E-state index contributed by atoms with van der Waals surface area (Å²) < 4.78 is 0. The smallest absolute Gasteiger partial charge is 0.238 e. The molecule has 2 amide bonds. The van der Waals surface area contributed by atoms with Crippen molar-refractivity contribution in [2.24, 2.45) is 0 Å². The van der Waals surface area contributed by atoms with Gasteiger partial charge in [0.1, 0.15) is 0 Å². The second-order valence-corrected chi connectivity index (χ2v) is 6.76. The summed E-state index contributed by atoms with van der Waals surface area (Å²) in [5, 5.41) is 3.40. The number of nitrogens with one attached hydrogen (secondary N) is 1. The van der Waals surface area contributed by atoms with Gasteiger partial charge in [-0.1, -0.05) is 41.9 Å². The van der Waals surface area contributed by atoms with E-state index in [2.05, 4.69) is 5.32 Å². The highest BCUT2D eigenvalue weighted by Crippen LogP contribution is 2.18. The molecular weight excluding hydrogens is 350 g/mol. The van der Waals surface area contributed by atoms with Gasteiger partial charge >= 0.3 is 0 Å². The normalized spacial score (nSPS) is 11.9. The molecule has 0 spiro atoms. The van der Waals surface area contributed by atoms with Crippen LogP contribution in [0.4, 0.5) is 5.69 Å². The molecule has 0 saturated heterocycles. The van der Waals surface area contributed by atoms with Gasteiger partial charge in [0.25, 0.3) is 0 Å². The first-order valence-corrected chi connectivity index (χ1v) is 8.79. The third-order valence-electron chi connectivity index (χ3n) is 4.20. The Bertz CT molecular complexity index is 734. The van der Waals surface area contributed by atoms with Crippen LogP contribution in [0.15, 0.2) is 54.6 Å². The zero-order valence-electron chi connectivity index (χ0n) is 15.3. The van der Waals surface area contributed by atoms with Gasteiger partial charge in [0.15, 0.2) is 0 Å². The summed E-state index contributed by atoms with van der Waals surface area (Å²) in [6, 6.07) is 16.7. The molecule has 2 rings (SSSR count). The van der Waals surface area contributed by atoms with Crippen LogP contribution in [0.5, 0.6) is 0 Å². The lowest BCUT2D eigenvalue weighted by atomic mass is 10.1. The SMILES string of the molecule is C[C@@H](c1ccccc1)N(C)C(=O)CN(C)CC(=O)Nc1ccc(Cl)cc1. The van der Waals surface area contributed by atoms with Crippen LogP contribution in [-0.2, 0) is 9.59 Å². The van der Waals surface area contributed by atoms with Gasteiger partial charge in [-0.2, -0.15) is 0 Å². The van der Waals surface area contributed by atoms with Crippen LogP contribution in [0.3, 0.4) is 0 Å². The summed E-state index contributed by atoms with van der Waals surface area (Å²) in [4.78, 5) is 28.0. The third kappa shape index (κ3) is 5.86. The van der Waals surface area contributed by atoms with E-state index in [0.717, 1.165) is 5.56 Å². The minimum Gasteiger partial charge on any atom is -0.338 e. The molecule has 1 N–H and O–H groups in total. The number of hydrogen-bond acceptors (Lipinski definition) is 3. The standard InChI is InChI=1S/C20H24ClN3O2/c1-15(16-7-5-4-6-8-16)24(3)20(26)14-23(2)13-19(25)22-18-11-9-17(21)10-12-18/h4-12,15H,13-14H2,1-3H3,(H,22,25)/t15-/m0/s1. The monoisotopic (exact) mass is 373 g/mol. The molecule has 0 fully saturated rings. The predicted molar refractivity (Wildman–Crippen MR) is 105 cm³/mol. The van der Waals surface area contributed by atoms with Gasteiger partial charge in [-0.05, 0) is 43.8 Å². The van der Waals surface area contributed by atoms with Crippen molar-refractivity contribution < 1.29 is 9.59 Å². The molecule has 0 saturated carbocycles. The molecule has 0 bridgehead atoms. The van der Waals surface area contributed by atoms with Crippen molar-refractivity contribution in [3.63, 3.8) is 0 Å². The van der Waals surface area contributed by atoms with Crippen molar-refractivity contribution in [2.45, 2.75) is 13.0 Å². The first-order chi connectivity index (χ1) is 12.4. The highest BCUT2D eigenvalue weighted by molar-refractivity contribution is 6.30. The molecule has 0 unspecified atom stereocenters. The van der Waals surface area contributed by atoms with Crippen LogP contribution in [0.2, 0.25) is 5.02 Å².